The van der Waals surface area contributed by atoms with E-state index < -0.39 is 5.92 Å². The van der Waals surface area contributed by atoms with Gasteiger partial charge in [0.05, 0.1) is 29.4 Å². The maximum Gasteiger partial charge on any atom is 0.314 e. The smallest absolute Gasteiger partial charge is 0.314 e. The molecule has 128 valence electrons. The molecule has 2 rings (SSSR count). The first kappa shape index (κ1) is 18.3. The van der Waals surface area contributed by atoms with Crippen LogP contribution < -0.4 is 0 Å². The van der Waals surface area contributed by atoms with E-state index in [0.717, 1.165) is 16.7 Å². The third-order valence-corrected chi connectivity index (χ3v) is 4.64. The van der Waals surface area contributed by atoms with Gasteiger partial charge in [-0.1, -0.05) is 29.3 Å². The summed E-state index contributed by atoms with van der Waals surface area (Å²) in [6.45, 7) is 7.57. The number of nitrogens with zero attached hydrogens (tertiary/aromatic N) is 1. The number of hydrogen-bond donors (Lipinski definition) is 0. The minimum Gasteiger partial charge on any atom is -0.469 e. The van der Waals surface area contributed by atoms with Gasteiger partial charge in [-0.25, -0.2) is 0 Å². The van der Waals surface area contributed by atoms with Crippen molar-refractivity contribution in [3.8, 4) is 0 Å². The summed E-state index contributed by atoms with van der Waals surface area (Å²) in [5.74, 6) is -1.04. The molecule has 0 fully saturated rings. The van der Waals surface area contributed by atoms with Gasteiger partial charge in [-0.15, -0.1) is 0 Å². The molecule has 0 aliphatic carbocycles. The Morgan fingerprint density at radius 3 is 2.17 bits per heavy atom. The number of ether oxygens (including phenoxy) is 1. The summed E-state index contributed by atoms with van der Waals surface area (Å²) in [6.07, 6.45) is 0. The van der Waals surface area contributed by atoms with Crippen LogP contribution >= 0.6 is 11.6 Å². The highest BCUT2D eigenvalue weighted by molar-refractivity contribution is 6.32. The Morgan fingerprint density at radius 1 is 1.12 bits per heavy atom. The van der Waals surface area contributed by atoms with Crippen LogP contribution in [-0.2, 0) is 16.6 Å². The lowest BCUT2D eigenvalue weighted by Crippen LogP contribution is -2.17. The van der Waals surface area contributed by atoms with Gasteiger partial charge >= 0.3 is 5.97 Å². The third kappa shape index (κ3) is 3.11. The molecule has 0 amide bonds. The van der Waals surface area contributed by atoms with E-state index in [-0.39, 0.29) is 11.8 Å². The zero-order chi connectivity index (χ0) is 18.2. The van der Waals surface area contributed by atoms with Gasteiger partial charge in [0.25, 0.3) is 0 Å². The van der Waals surface area contributed by atoms with Crippen molar-refractivity contribution in [2.24, 2.45) is 7.05 Å². The van der Waals surface area contributed by atoms with Crippen LogP contribution in [0.4, 0.5) is 0 Å². The van der Waals surface area contributed by atoms with Crippen molar-refractivity contribution in [2.45, 2.75) is 33.6 Å². The summed E-state index contributed by atoms with van der Waals surface area (Å²) in [5.41, 5.74) is 4.69. The van der Waals surface area contributed by atoms with Crippen molar-refractivity contribution in [3.05, 3.63) is 56.9 Å². The molecule has 0 radical (unpaired) electrons. The highest BCUT2D eigenvalue weighted by Gasteiger charge is 2.27. The molecule has 0 N–H and O–H groups in total. The summed E-state index contributed by atoms with van der Waals surface area (Å²) >= 11 is 6.30. The number of aryl methyl sites for hydroxylation is 3. The molecule has 1 unspecified atom stereocenters. The van der Waals surface area contributed by atoms with E-state index in [1.807, 2.05) is 32.9 Å². The van der Waals surface area contributed by atoms with Gasteiger partial charge < -0.3 is 9.30 Å². The van der Waals surface area contributed by atoms with Crippen molar-refractivity contribution >= 4 is 23.4 Å². The molecule has 1 atom stereocenters. The Morgan fingerprint density at radius 2 is 1.67 bits per heavy atom. The zero-order valence-corrected chi connectivity index (χ0v) is 15.6. The van der Waals surface area contributed by atoms with Gasteiger partial charge in [0, 0.05) is 12.6 Å². The second-order valence-corrected chi connectivity index (χ2v) is 6.58. The van der Waals surface area contributed by atoms with Crippen molar-refractivity contribution < 1.29 is 14.3 Å². The van der Waals surface area contributed by atoms with E-state index in [1.165, 1.54) is 7.11 Å². The van der Waals surface area contributed by atoms with Crippen LogP contribution in [0, 0.1) is 20.8 Å². The standard InChI is InChI=1S/C19H22ClNO3/c1-10-7-11(2)16(12(3)8-10)18(22)15-9-14(20)17(21(15)5)13(4)19(23)24-6/h7-9,13H,1-6H3. The molecule has 0 bridgehead atoms. The van der Waals surface area contributed by atoms with Gasteiger partial charge in [0.15, 0.2) is 0 Å². The molecule has 2 aromatic rings. The predicted octanol–water partition coefficient (Wildman–Crippen LogP) is 4.11. The Labute approximate surface area is 147 Å². The molecule has 1 heterocycles. The molecule has 0 aliphatic rings. The molecule has 1 aromatic heterocycles. The summed E-state index contributed by atoms with van der Waals surface area (Å²) in [6, 6.07) is 5.60. The maximum atomic E-state index is 13.1. The lowest BCUT2D eigenvalue weighted by atomic mass is 9.95. The molecule has 5 heteroatoms. The van der Waals surface area contributed by atoms with Crippen LogP contribution in [0.15, 0.2) is 18.2 Å². The average molecular weight is 348 g/mol. The van der Waals surface area contributed by atoms with E-state index in [4.69, 9.17) is 16.3 Å². The average Bonchev–Trinajstić information content (AvgIpc) is 2.79. The molecule has 1 aromatic carbocycles. The number of carbonyl (C=O) groups excluding carboxylic acids is 2. The normalized spacial score (nSPS) is 12.1. The van der Waals surface area contributed by atoms with Crippen LogP contribution in [0.1, 0.15) is 51.3 Å². The Kier molecular flexibility index (Phi) is 5.19. The summed E-state index contributed by atoms with van der Waals surface area (Å²) in [5, 5.41) is 0.390. The Balaban J connectivity index is 2.55. The van der Waals surface area contributed by atoms with Crippen LogP contribution in [0.5, 0.6) is 0 Å². The van der Waals surface area contributed by atoms with Gasteiger partial charge in [-0.3, -0.25) is 9.59 Å². The minimum atomic E-state index is -0.547. The first-order valence-electron chi connectivity index (χ1n) is 7.74. The lowest BCUT2D eigenvalue weighted by molar-refractivity contribution is -0.142. The molecule has 0 spiro atoms. The van der Waals surface area contributed by atoms with Crippen LogP contribution in [0.25, 0.3) is 0 Å². The van der Waals surface area contributed by atoms with Crippen molar-refractivity contribution in [2.75, 3.05) is 7.11 Å². The number of methoxy groups -OCH3 is 1. The van der Waals surface area contributed by atoms with Crippen molar-refractivity contribution in [1.82, 2.24) is 4.57 Å². The maximum absolute atomic E-state index is 13.1. The number of halogens is 1. The molecular weight excluding hydrogens is 326 g/mol. The summed E-state index contributed by atoms with van der Waals surface area (Å²) in [4.78, 5) is 24.9. The highest BCUT2D eigenvalue weighted by atomic mass is 35.5. The second-order valence-electron chi connectivity index (χ2n) is 6.17. The largest absolute Gasteiger partial charge is 0.469 e. The lowest BCUT2D eigenvalue weighted by Gasteiger charge is -2.14. The number of esters is 1. The summed E-state index contributed by atoms with van der Waals surface area (Å²) in [7, 11) is 3.08. The zero-order valence-electron chi connectivity index (χ0n) is 14.9. The van der Waals surface area contributed by atoms with Gasteiger partial charge in [0.1, 0.15) is 0 Å². The quantitative estimate of drug-likeness (QED) is 0.617. The molecular formula is C19H22ClNO3. The fourth-order valence-electron chi connectivity index (χ4n) is 3.25. The van der Waals surface area contributed by atoms with E-state index in [9.17, 15) is 9.59 Å². The number of benzene rings is 1. The topological polar surface area (TPSA) is 48.3 Å². The number of carbonyl (C=O) groups is 2. The van der Waals surface area contributed by atoms with Crippen LogP contribution in [0.2, 0.25) is 5.02 Å². The van der Waals surface area contributed by atoms with E-state index >= 15 is 0 Å². The van der Waals surface area contributed by atoms with E-state index in [2.05, 4.69) is 0 Å². The van der Waals surface area contributed by atoms with Crippen LogP contribution in [0.3, 0.4) is 0 Å². The number of aromatic nitrogens is 1. The Bertz CT molecular complexity index is 797. The van der Waals surface area contributed by atoms with Crippen molar-refractivity contribution in [3.63, 3.8) is 0 Å². The van der Waals surface area contributed by atoms with E-state index in [1.54, 1.807) is 24.6 Å². The first-order valence-corrected chi connectivity index (χ1v) is 8.12. The van der Waals surface area contributed by atoms with Gasteiger partial charge in [-0.05, 0) is 44.9 Å². The monoisotopic (exact) mass is 347 g/mol. The fourth-order valence-corrected chi connectivity index (χ4v) is 3.64. The highest BCUT2D eigenvalue weighted by Crippen LogP contribution is 2.30. The van der Waals surface area contributed by atoms with Gasteiger partial charge in [-0.2, -0.15) is 0 Å². The molecule has 24 heavy (non-hydrogen) atoms. The van der Waals surface area contributed by atoms with E-state index in [0.29, 0.717) is 22.0 Å². The fraction of sp³-hybridized carbons (Fsp3) is 0.368. The van der Waals surface area contributed by atoms with Crippen molar-refractivity contribution in [1.29, 1.82) is 0 Å². The SMILES string of the molecule is COC(=O)C(C)c1c(Cl)cc(C(=O)c2c(C)cc(C)cc2C)n1C. The van der Waals surface area contributed by atoms with Gasteiger partial charge in [0.2, 0.25) is 5.78 Å². The third-order valence-electron chi connectivity index (χ3n) is 4.33. The first-order chi connectivity index (χ1) is 11.2. The predicted molar refractivity (Wildman–Crippen MR) is 94.9 cm³/mol. The molecule has 0 saturated carbocycles. The summed E-state index contributed by atoms with van der Waals surface area (Å²) < 4.78 is 6.47. The Hall–Kier alpha value is -2.07. The number of hydrogen-bond acceptors (Lipinski definition) is 3. The molecule has 0 aliphatic heterocycles. The molecule has 0 saturated heterocycles. The van der Waals surface area contributed by atoms with Crippen LogP contribution in [-0.4, -0.2) is 23.4 Å². The number of ketones is 1. The second kappa shape index (κ2) is 6.81. The molecule has 4 nitrogen and oxygen atoms in total. The number of rotatable bonds is 4. The minimum absolute atomic E-state index is 0.0993.